The molecule has 0 fully saturated rings. The highest BCUT2D eigenvalue weighted by molar-refractivity contribution is 7.89. The van der Waals surface area contributed by atoms with Gasteiger partial charge in [-0.3, -0.25) is 5.10 Å². The summed E-state index contributed by atoms with van der Waals surface area (Å²) in [5, 5.41) is 13.2. The van der Waals surface area contributed by atoms with Gasteiger partial charge in [0.05, 0.1) is 11.4 Å². The van der Waals surface area contributed by atoms with E-state index in [2.05, 4.69) is 34.9 Å². The van der Waals surface area contributed by atoms with Crippen molar-refractivity contribution >= 4 is 10.0 Å². The molecular formula is C10H16N6O3S. The standard InChI is InChI=1S/C10H16N6O3S/c1-7-10(8(5-11-2)15-14-7)20(17,18)13-4-3-9-12-6-19-16-9/h6,11,13H,3-5H2,1-2H3,(H,14,15). The largest absolute Gasteiger partial charge is 0.343 e. The third-order valence-corrected chi connectivity index (χ3v) is 4.29. The zero-order valence-corrected chi connectivity index (χ0v) is 12.0. The van der Waals surface area contributed by atoms with Gasteiger partial charge in [-0.05, 0) is 14.0 Å². The molecule has 0 aromatic carbocycles. The van der Waals surface area contributed by atoms with Gasteiger partial charge in [0, 0.05) is 19.5 Å². The summed E-state index contributed by atoms with van der Waals surface area (Å²) in [5.41, 5.74) is 0.958. The minimum Gasteiger partial charge on any atom is -0.343 e. The van der Waals surface area contributed by atoms with Gasteiger partial charge in [-0.1, -0.05) is 5.16 Å². The highest BCUT2D eigenvalue weighted by Crippen LogP contribution is 2.17. The van der Waals surface area contributed by atoms with E-state index in [1.807, 2.05) is 0 Å². The first-order valence-corrected chi connectivity index (χ1v) is 7.46. The van der Waals surface area contributed by atoms with Gasteiger partial charge in [0.15, 0.2) is 5.82 Å². The summed E-state index contributed by atoms with van der Waals surface area (Å²) in [5.74, 6) is 0.451. The molecule has 0 radical (unpaired) electrons. The maximum Gasteiger partial charge on any atom is 0.244 e. The topological polar surface area (TPSA) is 126 Å². The molecule has 2 rings (SSSR count). The van der Waals surface area contributed by atoms with Crippen molar-refractivity contribution in [3.8, 4) is 0 Å². The molecule has 0 bridgehead atoms. The normalized spacial score (nSPS) is 11.9. The van der Waals surface area contributed by atoms with E-state index in [4.69, 9.17) is 0 Å². The van der Waals surface area contributed by atoms with E-state index in [0.29, 0.717) is 30.2 Å². The molecule has 2 aromatic heterocycles. The third-order valence-electron chi connectivity index (χ3n) is 2.62. The molecule has 9 nitrogen and oxygen atoms in total. The first-order chi connectivity index (χ1) is 9.54. The van der Waals surface area contributed by atoms with Crippen LogP contribution in [-0.2, 0) is 23.0 Å². The molecule has 20 heavy (non-hydrogen) atoms. The van der Waals surface area contributed by atoms with Crippen molar-refractivity contribution in [1.29, 1.82) is 0 Å². The van der Waals surface area contributed by atoms with Crippen LogP contribution in [0.25, 0.3) is 0 Å². The van der Waals surface area contributed by atoms with E-state index in [-0.39, 0.29) is 11.4 Å². The quantitative estimate of drug-likeness (QED) is 0.619. The van der Waals surface area contributed by atoms with Crippen LogP contribution >= 0.6 is 0 Å². The number of hydrogen-bond acceptors (Lipinski definition) is 7. The molecule has 2 heterocycles. The van der Waals surface area contributed by atoms with Crippen molar-refractivity contribution in [2.45, 2.75) is 24.8 Å². The minimum absolute atomic E-state index is 0.181. The molecule has 110 valence electrons. The lowest BCUT2D eigenvalue weighted by Gasteiger charge is -2.07. The third kappa shape index (κ3) is 3.21. The van der Waals surface area contributed by atoms with Crippen molar-refractivity contribution in [1.82, 2.24) is 30.4 Å². The molecular weight excluding hydrogens is 284 g/mol. The molecule has 2 aromatic rings. The smallest absolute Gasteiger partial charge is 0.244 e. The first kappa shape index (κ1) is 14.6. The predicted octanol–water partition coefficient (Wildman–Crippen LogP) is -0.658. The average Bonchev–Trinajstić information content (AvgIpc) is 3.00. The number of aromatic amines is 1. The minimum atomic E-state index is -3.62. The summed E-state index contributed by atoms with van der Waals surface area (Å²) in [4.78, 5) is 4.00. The zero-order valence-electron chi connectivity index (χ0n) is 11.2. The number of nitrogens with one attached hydrogen (secondary N) is 3. The highest BCUT2D eigenvalue weighted by atomic mass is 32.2. The Labute approximate surface area is 116 Å². The summed E-state index contributed by atoms with van der Waals surface area (Å²) in [6.45, 7) is 2.22. The van der Waals surface area contributed by atoms with E-state index in [9.17, 15) is 8.42 Å². The Morgan fingerprint density at radius 1 is 1.45 bits per heavy atom. The van der Waals surface area contributed by atoms with Crippen LogP contribution in [0.5, 0.6) is 0 Å². The van der Waals surface area contributed by atoms with Crippen LogP contribution in [-0.4, -0.2) is 42.3 Å². The van der Waals surface area contributed by atoms with Crippen LogP contribution in [0.2, 0.25) is 0 Å². The summed E-state index contributed by atoms with van der Waals surface area (Å²) >= 11 is 0. The summed E-state index contributed by atoms with van der Waals surface area (Å²) < 4.78 is 31.6. The molecule has 3 N–H and O–H groups in total. The molecule has 0 aliphatic carbocycles. The van der Waals surface area contributed by atoms with Crippen LogP contribution in [0.1, 0.15) is 17.2 Å². The molecule has 0 saturated carbocycles. The number of aryl methyl sites for hydroxylation is 1. The van der Waals surface area contributed by atoms with Gasteiger partial charge in [0.25, 0.3) is 0 Å². The Morgan fingerprint density at radius 2 is 2.25 bits per heavy atom. The molecule has 0 saturated heterocycles. The van der Waals surface area contributed by atoms with Crippen LogP contribution in [0.15, 0.2) is 15.8 Å². The molecule has 0 unspecified atom stereocenters. The molecule has 0 aliphatic rings. The molecule has 0 aliphatic heterocycles. The molecule has 0 atom stereocenters. The summed E-state index contributed by atoms with van der Waals surface area (Å²) in [7, 11) is -1.90. The zero-order chi connectivity index (χ0) is 14.6. The summed E-state index contributed by atoms with van der Waals surface area (Å²) in [6, 6.07) is 0. The van der Waals surface area contributed by atoms with E-state index < -0.39 is 10.0 Å². The molecule has 0 spiro atoms. The van der Waals surface area contributed by atoms with Crippen LogP contribution in [0, 0.1) is 6.92 Å². The van der Waals surface area contributed by atoms with Gasteiger partial charge in [-0.2, -0.15) is 10.1 Å². The van der Waals surface area contributed by atoms with Gasteiger partial charge < -0.3 is 9.84 Å². The lowest BCUT2D eigenvalue weighted by Crippen LogP contribution is -2.28. The van der Waals surface area contributed by atoms with E-state index in [0.717, 1.165) is 0 Å². The van der Waals surface area contributed by atoms with Gasteiger partial charge >= 0.3 is 0 Å². The number of aromatic nitrogens is 4. The maximum atomic E-state index is 12.3. The van der Waals surface area contributed by atoms with E-state index in [1.165, 1.54) is 6.39 Å². The fourth-order valence-electron chi connectivity index (χ4n) is 1.79. The molecule has 10 heteroatoms. The van der Waals surface area contributed by atoms with Gasteiger partial charge in [-0.25, -0.2) is 13.1 Å². The lowest BCUT2D eigenvalue weighted by atomic mass is 10.4. The predicted molar refractivity (Wildman–Crippen MR) is 69.3 cm³/mol. The number of H-pyrrole nitrogens is 1. The van der Waals surface area contributed by atoms with Crippen molar-refractivity contribution in [2.75, 3.05) is 13.6 Å². The Kier molecular flexibility index (Phi) is 4.47. The molecule has 0 amide bonds. The number of sulfonamides is 1. The second kappa shape index (κ2) is 6.11. The van der Waals surface area contributed by atoms with Crippen LogP contribution in [0.4, 0.5) is 0 Å². The maximum absolute atomic E-state index is 12.3. The second-order valence-corrected chi connectivity index (χ2v) is 5.85. The SMILES string of the molecule is CNCc1n[nH]c(C)c1S(=O)(=O)NCCc1ncon1. The fourth-order valence-corrected chi connectivity index (χ4v) is 3.18. The Balaban J connectivity index is 2.08. The second-order valence-electron chi connectivity index (χ2n) is 4.15. The Hall–Kier alpha value is -1.78. The van der Waals surface area contributed by atoms with Gasteiger partial charge in [0.1, 0.15) is 4.90 Å². The summed E-state index contributed by atoms with van der Waals surface area (Å²) in [6.07, 6.45) is 1.56. The van der Waals surface area contributed by atoms with Crippen LogP contribution < -0.4 is 10.0 Å². The lowest BCUT2D eigenvalue weighted by molar-refractivity contribution is 0.409. The highest BCUT2D eigenvalue weighted by Gasteiger charge is 2.23. The number of rotatable bonds is 7. The monoisotopic (exact) mass is 300 g/mol. The fraction of sp³-hybridized carbons (Fsp3) is 0.500. The van der Waals surface area contributed by atoms with Crippen molar-refractivity contribution in [3.05, 3.63) is 23.6 Å². The van der Waals surface area contributed by atoms with Gasteiger partial charge in [0.2, 0.25) is 16.4 Å². The number of nitrogens with zero attached hydrogens (tertiary/aromatic N) is 3. The van der Waals surface area contributed by atoms with E-state index in [1.54, 1.807) is 14.0 Å². The first-order valence-electron chi connectivity index (χ1n) is 5.98. The van der Waals surface area contributed by atoms with Crippen molar-refractivity contribution in [3.63, 3.8) is 0 Å². The van der Waals surface area contributed by atoms with Crippen molar-refractivity contribution < 1.29 is 12.9 Å². The average molecular weight is 300 g/mol. The number of hydrogen-bond donors (Lipinski definition) is 3. The Bertz CT molecular complexity index is 649. The van der Waals surface area contributed by atoms with Gasteiger partial charge in [-0.15, -0.1) is 0 Å². The van der Waals surface area contributed by atoms with Crippen LogP contribution in [0.3, 0.4) is 0 Å². The Morgan fingerprint density at radius 3 is 2.90 bits per heavy atom. The van der Waals surface area contributed by atoms with E-state index >= 15 is 0 Å². The van der Waals surface area contributed by atoms with Crippen molar-refractivity contribution in [2.24, 2.45) is 0 Å².